The molecule has 1 aromatic rings. The Kier molecular flexibility index (Phi) is 5.23. The highest BCUT2D eigenvalue weighted by Gasteiger charge is 2.20. The maximum atomic E-state index is 12.1. The van der Waals surface area contributed by atoms with E-state index in [1.807, 2.05) is 11.8 Å². The van der Waals surface area contributed by atoms with Gasteiger partial charge in [0.15, 0.2) is 0 Å². The van der Waals surface area contributed by atoms with E-state index in [1.165, 1.54) is 18.4 Å². The molecule has 2 N–H and O–H groups in total. The van der Waals surface area contributed by atoms with Crippen LogP contribution >= 0.6 is 0 Å². The first kappa shape index (κ1) is 16.3. The van der Waals surface area contributed by atoms with Gasteiger partial charge in [-0.25, -0.2) is 9.97 Å². The summed E-state index contributed by atoms with van der Waals surface area (Å²) in [7, 11) is 0. The van der Waals surface area contributed by atoms with Crippen LogP contribution in [0.5, 0.6) is 0 Å². The number of hydrogen-bond donors (Lipinski definition) is 2. The van der Waals surface area contributed by atoms with Crippen molar-refractivity contribution in [2.24, 2.45) is 0 Å². The number of aliphatic hydroxyl groups excluding tert-OH is 1. The fraction of sp³-hybridized carbons (Fsp3) is 0.706. The third-order valence-electron chi connectivity index (χ3n) is 4.73. The molecule has 1 fully saturated rings. The van der Waals surface area contributed by atoms with Crippen LogP contribution in [-0.2, 0) is 24.2 Å². The number of β-amino-alcohol motifs (C(OH)–C–C–N with tert-alkyl or cyclic N) is 1. The SMILES string of the molecule is Cc1nc(CNC(=O)CN2CCC[C@H](O)C2)nc2c1CCCC2. The molecule has 1 aliphatic heterocycles. The number of carbonyl (C=O) groups excluding carboxylic acids is 1. The molecule has 0 aromatic carbocycles. The summed E-state index contributed by atoms with van der Waals surface area (Å²) in [4.78, 5) is 23.2. The minimum Gasteiger partial charge on any atom is -0.392 e. The predicted molar refractivity (Wildman–Crippen MR) is 86.9 cm³/mol. The minimum atomic E-state index is -0.303. The van der Waals surface area contributed by atoms with E-state index >= 15 is 0 Å². The van der Waals surface area contributed by atoms with Crippen molar-refractivity contribution in [1.29, 1.82) is 0 Å². The topological polar surface area (TPSA) is 78.4 Å². The molecular weight excluding hydrogens is 292 g/mol. The van der Waals surface area contributed by atoms with Crippen molar-refractivity contribution in [3.05, 3.63) is 22.8 Å². The van der Waals surface area contributed by atoms with E-state index < -0.39 is 0 Å². The molecule has 0 spiro atoms. The standard InChI is InChI=1S/C17H26N4O2/c1-12-14-6-2-3-7-15(14)20-16(19-12)9-18-17(23)11-21-8-4-5-13(22)10-21/h13,22H,2-11H2,1H3,(H,18,23)/t13-/m0/s1. The van der Waals surface area contributed by atoms with Gasteiger partial charge in [-0.2, -0.15) is 0 Å². The maximum Gasteiger partial charge on any atom is 0.234 e. The van der Waals surface area contributed by atoms with Crippen LogP contribution in [0.2, 0.25) is 0 Å². The zero-order valence-corrected chi connectivity index (χ0v) is 13.8. The summed E-state index contributed by atoms with van der Waals surface area (Å²) in [6, 6.07) is 0. The molecule has 1 aliphatic carbocycles. The van der Waals surface area contributed by atoms with E-state index in [9.17, 15) is 9.90 Å². The van der Waals surface area contributed by atoms with Crippen LogP contribution in [0, 0.1) is 6.92 Å². The van der Waals surface area contributed by atoms with Gasteiger partial charge >= 0.3 is 0 Å². The van der Waals surface area contributed by atoms with Crippen molar-refractivity contribution >= 4 is 5.91 Å². The van der Waals surface area contributed by atoms with Gasteiger partial charge in [-0.05, 0) is 57.6 Å². The van der Waals surface area contributed by atoms with Crippen molar-refractivity contribution in [2.75, 3.05) is 19.6 Å². The Labute approximate surface area is 137 Å². The van der Waals surface area contributed by atoms with Gasteiger partial charge in [-0.15, -0.1) is 0 Å². The molecule has 0 radical (unpaired) electrons. The van der Waals surface area contributed by atoms with Crippen molar-refractivity contribution < 1.29 is 9.90 Å². The van der Waals surface area contributed by atoms with Crippen LogP contribution in [-0.4, -0.2) is 51.6 Å². The van der Waals surface area contributed by atoms with Crippen molar-refractivity contribution in [2.45, 2.75) is 58.1 Å². The number of aryl methyl sites for hydroxylation is 2. The number of carbonyl (C=O) groups is 1. The lowest BCUT2D eigenvalue weighted by atomic mass is 9.95. The lowest BCUT2D eigenvalue weighted by Gasteiger charge is -2.29. The number of fused-ring (bicyclic) bond motifs is 1. The van der Waals surface area contributed by atoms with E-state index in [-0.39, 0.29) is 12.0 Å². The second-order valence-electron chi connectivity index (χ2n) is 6.67. The number of aliphatic hydroxyl groups is 1. The lowest BCUT2D eigenvalue weighted by molar-refractivity contribution is -0.123. The maximum absolute atomic E-state index is 12.1. The molecule has 126 valence electrons. The summed E-state index contributed by atoms with van der Waals surface area (Å²) in [5, 5.41) is 12.6. The zero-order valence-electron chi connectivity index (χ0n) is 13.8. The zero-order chi connectivity index (χ0) is 16.2. The molecule has 2 heterocycles. The average molecular weight is 318 g/mol. The molecule has 1 amide bonds. The molecule has 1 atom stereocenters. The molecule has 0 unspecified atom stereocenters. The first-order chi connectivity index (χ1) is 11.1. The summed E-state index contributed by atoms with van der Waals surface area (Å²) < 4.78 is 0. The van der Waals surface area contributed by atoms with E-state index in [2.05, 4.69) is 15.3 Å². The summed E-state index contributed by atoms with van der Waals surface area (Å²) in [6.07, 6.45) is 5.98. The molecular formula is C17H26N4O2. The monoisotopic (exact) mass is 318 g/mol. The van der Waals surface area contributed by atoms with Gasteiger partial charge in [0.2, 0.25) is 5.91 Å². The van der Waals surface area contributed by atoms with Gasteiger partial charge in [0.25, 0.3) is 0 Å². The first-order valence-electron chi connectivity index (χ1n) is 8.64. The number of rotatable bonds is 4. The Hall–Kier alpha value is -1.53. The predicted octanol–water partition coefficient (Wildman–Crippen LogP) is 0.737. The summed E-state index contributed by atoms with van der Waals surface area (Å²) in [5.41, 5.74) is 3.51. The number of hydrogen-bond acceptors (Lipinski definition) is 5. The molecule has 1 saturated heterocycles. The van der Waals surface area contributed by atoms with Crippen LogP contribution in [0.1, 0.15) is 48.5 Å². The van der Waals surface area contributed by atoms with Gasteiger partial charge < -0.3 is 10.4 Å². The minimum absolute atomic E-state index is 0.0296. The Morgan fingerprint density at radius 2 is 2.13 bits per heavy atom. The third kappa shape index (κ3) is 4.26. The normalized spacial score (nSPS) is 21.7. The van der Waals surface area contributed by atoms with E-state index in [0.29, 0.717) is 25.5 Å². The molecule has 6 nitrogen and oxygen atoms in total. The third-order valence-corrected chi connectivity index (χ3v) is 4.73. The number of aromatic nitrogens is 2. The second kappa shape index (κ2) is 7.36. The van der Waals surface area contributed by atoms with Crippen molar-refractivity contribution in [1.82, 2.24) is 20.2 Å². The number of nitrogens with zero attached hydrogens (tertiary/aromatic N) is 3. The highest BCUT2D eigenvalue weighted by molar-refractivity contribution is 5.77. The lowest BCUT2D eigenvalue weighted by Crippen LogP contribution is -2.44. The van der Waals surface area contributed by atoms with Gasteiger partial charge in [-0.3, -0.25) is 9.69 Å². The van der Waals surface area contributed by atoms with E-state index in [1.54, 1.807) is 0 Å². The first-order valence-corrected chi connectivity index (χ1v) is 8.64. The number of nitrogens with one attached hydrogen (secondary N) is 1. The molecule has 2 aliphatic rings. The van der Waals surface area contributed by atoms with E-state index in [0.717, 1.165) is 43.6 Å². The van der Waals surface area contributed by atoms with Gasteiger partial charge in [-0.1, -0.05) is 0 Å². The van der Waals surface area contributed by atoms with Crippen LogP contribution in [0.25, 0.3) is 0 Å². The quantitative estimate of drug-likeness (QED) is 0.856. The van der Waals surface area contributed by atoms with Crippen LogP contribution in [0.3, 0.4) is 0 Å². The Morgan fingerprint density at radius 3 is 2.96 bits per heavy atom. The molecule has 1 aromatic heterocycles. The average Bonchev–Trinajstić information content (AvgIpc) is 2.53. The molecule has 6 heteroatoms. The Bertz CT molecular complexity index is 576. The Morgan fingerprint density at radius 1 is 1.30 bits per heavy atom. The largest absolute Gasteiger partial charge is 0.392 e. The van der Waals surface area contributed by atoms with E-state index in [4.69, 9.17) is 0 Å². The fourth-order valence-electron chi connectivity index (χ4n) is 3.53. The van der Waals surface area contributed by atoms with Gasteiger partial charge in [0.05, 0.1) is 19.2 Å². The highest BCUT2D eigenvalue weighted by atomic mass is 16.3. The summed E-state index contributed by atoms with van der Waals surface area (Å²) >= 11 is 0. The fourth-order valence-corrected chi connectivity index (χ4v) is 3.53. The number of amides is 1. The van der Waals surface area contributed by atoms with Crippen LogP contribution < -0.4 is 5.32 Å². The summed E-state index contributed by atoms with van der Waals surface area (Å²) in [6.45, 7) is 4.21. The molecule has 0 bridgehead atoms. The van der Waals surface area contributed by atoms with Crippen LogP contribution in [0.15, 0.2) is 0 Å². The number of piperidine rings is 1. The Balaban J connectivity index is 1.53. The van der Waals surface area contributed by atoms with Crippen LogP contribution in [0.4, 0.5) is 0 Å². The smallest absolute Gasteiger partial charge is 0.234 e. The second-order valence-corrected chi connectivity index (χ2v) is 6.67. The van der Waals surface area contributed by atoms with Gasteiger partial charge in [0.1, 0.15) is 5.82 Å². The van der Waals surface area contributed by atoms with Gasteiger partial charge in [0, 0.05) is 17.9 Å². The summed E-state index contributed by atoms with van der Waals surface area (Å²) in [5.74, 6) is 0.674. The van der Waals surface area contributed by atoms with Crippen molar-refractivity contribution in [3.63, 3.8) is 0 Å². The van der Waals surface area contributed by atoms with Crippen molar-refractivity contribution in [3.8, 4) is 0 Å². The number of likely N-dealkylation sites (tertiary alicyclic amines) is 1. The molecule has 0 saturated carbocycles. The molecule has 23 heavy (non-hydrogen) atoms. The highest BCUT2D eigenvalue weighted by Crippen LogP contribution is 2.21. The molecule has 3 rings (SSSR count).